The SMILES string of the molecule is O[C@H](CN1CCNCC1)c1ccc(F)cc1. The molecule has 2 N–H and O–H groups in total. The van der Waals surface area contributed by atoms with E-state index in [1.807, 2.05) is 0 Å². The summed E-state index contributed by atoms with van der Waals surface area (Å²) in [5.41, 5.74) is 0.778. The summed E-state index contributed by atoms with van der Waals surface area (Å²) in [4.78, 5) is 2.21. The molecule has 3 nitrogen and oxygen atoms in total. The minimum absolute atomic E-state index is 0.266. The largest absolute Gasteiger partial charge is 0.387 e. The molecule has 1 aromatic rings. The molecule has 0 aliphatic carbocycles. The summed E-state index contributed by atoms with van der Waals surface area (Å²) in [6.07, 6.45) is -0.529. The van der Waals surface area contributed by atoms with E-state index in [0.29, 0.717) is 6.54 Å². The number of hydrogen-bond donors (Lipinski definition) is 2. The molecule has 1 heterocycles. The number of hydrogen-bond acceptors (Lipinski definition) is 3. The number of piperazine rings is 1. The van der Waals surface area contributed by atoms with Gasteiger partial charge in [0, 0.05) is 32.7 Å². The van der Waals surface area contributed by atoms with Gasteiger partial charge in [0.05, 0.1) is 6.10 Å². The molecule has 0 amide bonds. The van der Waals surface area contributed by atoms with Gasteiger partial charge in [-0.1, -0.05) is 12.1 Å². The molecule has 0 spiro atoms. The second-order valence-electron chi connectivity index (χ2n) is 4.12. The average Bonchev–Trinajstić information content (AvgIpc) is 2.31. The second-order valence-corrected chi connectivity index (χ2v) is 4.12. The van der Waals surface area contributed by atoms with Crippen molar-refractivity contribution in [3.05, 3.63) is 35.6 Å². The van der Waals surface area contributed by atoms with Crippen LogP contribution in [0, 0.1) is 5.82 Å². The summed E-state index contributed by atoms with van der Waals surface area (Å²) < 4.78 is 12.7. The fraction of sp³-hybridized carbons (Fsp3) is 0.500. The van der Waals surface area contributed by atoms with Crippen molar-refractivity contribution in [2.24, 2.45) is 0 Å². The zero-order chi connectivity index (χ0) is 11.4. The molecular weight excluding hydrogens is 207 g/mol. The van der Waals surface area contributed by atoms with E-state index in [1.165, 1.54) is 12.1 Å². The predicted octanol–water partition coefficient (Wildman–Crippen LogP) is 0.764. The molecule has 1 aliphatic rings. The fourth-order valence-electron chi connectivity index (χ4n) is 1.93. The Morgan fingerprint density at radius 3 is 2.50 bits per heavy atom. The van der Waals surface area contributed by atoms with Crippen molar-refractivity contribution in [3.63, 3.8) is 0 Å². The van der Waals surface area contributed by atoms with Crippen LogP contribution in [0.2, 0.25) is 0 Å². The van der Waals surface area contributed by atoms with Crippen LogP contribution in [0.5, 0.6) is 0 Å². The number of aliphatic hydroxyl groups excluding tert-OH is 1. The van der Waals surface area contributed by atoms with Crippen molar-refractivity contribution in [2.75, 3.05) is 32.7 Å². The van der Waals surface area contributed by atoms with Gasteiger partial charge in [-0.15, -0.1) is 0 Å². The van der Waals surface area contributed by atoms with Crippen molar-refractivity contribution in [2.45, 2.75) is 6.10 Å². The molecular formula is C12H17FN2O. The number of β-amino-alcohol motifs (C(OH)–C–C–N with tert-alkyl or cyclic N) is 1. The van der Waals surface area contributed by atoms with Crippen LogP contribution in [0.4, 0.5) is 4.39 Å². The van der Waals surface area contributed by atoms with Gasteiger partial charge in [-0.2, -0.15) is 0 Å². The van der Waals surface area contributed by atoms with Crippen molar-refractivity contribution in [1.29, 1.82) is 0 Å². The zero-order valence-electron chi connectivity index (χ0n) is 9.19. The normalized spacial score (nSPS) is 19.6. The van der Waals surface area contributed by atoms with Gasteiger partial charge < -0.3 is 10.4 Å². The summed E-state index contributed by atoms with van der Waals surface area (Å²) in [5.74, 6) is -0.266. The van der Waals surface area contributed by atoms with Gasteiger partial charge in [0.15, 0.2) is 0 Å². The highest BCUT2D eigenvalue weighted by Crippen LogP contribution is 2.14. The van der Waals surface area contributed by atoms with E-state index in [4.69, 9.17) is 0 Å². The maximum atomic E-state index is 12.7. The molecule has 0 unspecified atom stereocenters. The minimum Gasteiger partial charge on any atom is -0.387 e. The molecule has 0 saturated carbocycles. The third-order valence-electron chi connectivity index (χ3n) is 2.90. The molecule has 16 heavy (non-hydrogen) atoms. The monoisotopic (exact) mass is 224 g/mol. The van der Waals surface area contributed by atoms with Crippen LogP contribution in [0.3, 0.4) is 0 Å². The lowest BCUT2D eigenvalue weighted by Crippen LogP contribution is -2.44. The van der Waals surface area contributed by atoms with Crippen molar-refractivity contribution < 1.29 is 9.50 Å². The Balaban J connectivity index is 1.91. The standard InChI is InChI=1S/C12H17FN2O/c13-11-3-1-10(2-4-11)12(16)9-15-7-5-14-6-8-15/h1-4,12,14,16H,5-9H2/t12-/m1/s1. The smallest absolute Gasteiger partial charge is 0.123 e. The fourth-order valence-corrected chi connectivity index (χ4v) is 1.93. The minimum atomic E-state index is -0.529. The van der Waals surface area contributed by atoms with Gasteiger partial charge in [-0.05, 0) is 17.7 Å². The van der Waals surface area contributed by atoms with Crippen LogP contribution in [0.1, 0.15) is 11.7 Å². The number of aliphatic hydroxyl groups is 1. The lowest BCUT2D eigenvalue weighted by atomic mass is 10.1. The molecule has 0 bridgehead atoms. The topological polar surface area (TPSA) is 35.5 Å². The quantitative estimate of drug-likeness (QED) is 0.796. The van der Waals surface area contributed by atoms with Crippen LogP contribution in [-0.2, 0) is 0 Å². The third-order valence-corrected chi connectivity index (χ3v) is 2.90. The summed E-state index contributed by atoms with van der Waals surface area (Å²) >= 11 is 0. The molecule has 88 valence electrons. The Bertz CT molecular complexity index is 322. The van der Waals surface area contributed by atoms with Crippen molar-refractivity contribution >= 4 is 0 Å². The number of nitrogens with one attached hydrogen (secondary N) is 1. The van der Waals surface area contributed by atoms with Gasteiger partial charge in [0.1, 0.15) is 5.82 Å². The van der Waals surface area contributed by atoms with Gasteiger partial charge >= 0.3 is 0 Å². The van der Waals surface area contributed by atoms with Crippen molar-refractivity contribution in [1.82, 2.24) is 10.2 Å². The molecule has 1 atom stereocenters. The molecule has 4 heteroatoms. The summed E-state index contributed by atoms with van der Waals surface area (Å²) in [7, 11) is 0. The zero-order valence-corrected chi connectivity index (χ0v) is 9.19. The van der Waals surface area contributed by atoms with E-state index >= 15 is 0 Å². The third kappa shape index (κ3) is 3.01. The van der Waals surface area contributed by atoms with E-state index in [9.17, 15) is 9.50 Å². The highest BCUT2D eigenvalue weighted by atomic mass is 19.1. The van der Waals surface area contributed by atoms with Crippen LogP contribution >= 0.6 is 0 Å². The van der Waals surface area contributed by atoms with E-state index in [1.54, 1.807) is 12.1 Å². The Morgan fingerprint density at radius 2 is 1.88 bits per heavy atom. The first kappa shape index (κ1) is 11.5. The first-order valence-electron chi connectivity index (χ1n) is 5.62. The lowest BCUT2D eigenvalue weighted by Gasteiger charge is -2.29. The van der Waals surface area contributed by atoms with Gasteiger partial charge in [0.25, 0.3) is 0 Å². The first-order valence-corrected chi connectivity index (χ1v) is 5.62. The van der Waals surface area contributed by atoms with Gasteiger partial charge in [-0.3, -0.25) is 4.90 Å². The molecule has 2 rings (SSSR count). The number of benzene rings is 1. The van der Waals surface area contributed by atoms with Crippen LogP contribution in [0.15, 0.2) is 24.3 Å². The van der Waals surface area contributed by atoms with Gasteiger partial charge in [0.2, 0.25) is 0 Å². The predicted molar refractivity (Wildman–Crippen MR) is 60.7 cm³/mol. The van der Waals surface area contributed by atoms with E-state index < -0.39 is 6.10 Å². The first-order chi connectivity index (χ1) is 7.75. The van der Waals surface area contributed by atoms with E-state index in [2.05, 4.69) is 10.2 Å². The highest BCUT2D eigenvalue weighted by molar-refractivity contribution is 5.18. The number of rotatable bonds is 3. The summed E-state index contributed by atoms with van der Waals surface area (Å²) in [5, 5.41) is 13.2. The van der Waals surface area contributed by atoms with Crippen molar-refractivity contribution in [3.8, 4) is 0 Å². The molecule has 1 fully saturated rings. The molecule has 0 aromatic heterocycles. The maximum Gasteiger partial charge on any atom is 0.123 e. The highest BCUT2D eigenvalue weighted by Gasteiger charge is 2.15. The Hall–Kier alpha value is -0.970. The van der Waals surface area contributed by atoms with Crippen LogP contribution in [-0.4, -0.2) is 42.7 Å². The van der Waals surface area contributed by atoms with Crippen LogP contribution < -0.4 is 5.32 Å². The molecule has 1 saturated heterocycles. The Labute approximate surface area is 94.9 Å². The Morgan fingerprint density at radius 1 is 1.25 bits per heavy atom. The molecule has 1 aliphatic heterocycles. The Kier molecular flexibility index (Phi) is 3.88. The van der Waals surface area contributed by atoms with Gasteiger partial charge in [-0.25, -0.2) is 4.39 Å². The molecule has 0 radical (unpaired) electrons. The summed E-state index contributed by atoms with van der Waals surface area (Å²) in [6.45, 7) is 4.47. The molecule has 1 aromatic carbocycles. The summed E-state index contributed by atoms with van der Waals surface area (Å²) in [6, 6.07) is 6.05. The second kappa shape index (κ2) is 5.39. The van der Waals surface area contributed by atoms with E-state index in [-0.39, 0.29) is 5.82 Å². The maximum absolute atomic E-state index is 12.7. The van der Waals surface area contributed by atoms with Crippen LogP contribution in [0.25, 0.3) is 0 Å². The lowest BCUT2D eigenvalue weighted by molar-refractivity contribution is 0.105. The average molecular weight is 224 g/mol. The number of halogens is 1. The van der Waals surface area contributed by atoms with E-state index in [0.717, 1.165) is 31.7 Å². The number of nitrogens with zero attached hydrogens (tertiary/aromatic N) is 1.